The Labute approximate surface area is 208 Å². The summed E-state index contributed by atoms with van der Waals surface area (Å²) in [6.45, 7) is 6.58. The van der Waals surface area contributed by atoms with Crippen LogP contribution in [0.15, 0.2) is 34.9 Å². The second-order valence-corrected chi connectivity index (χ2v) is 8.83. The molecule has 186 valence electrons. The molecule has 1 aliphatic rings. The third-order valence-corrected chi connectivity index (χ3v) is 6.10. The fourth-order valence-corrected chi connectivity index (χ4v) is 4.32. The van der Waals surface area contributed by atoms with Crippen LogP contribution in [-0.4, -0.2) is 57.9 Å². The number of hydrogen-bond donors (Lipinski definition) is 2. The number of hydrogen-bond acceptors (Lipinski definition) is 7. The molecule has 0 spiro atoms. The lowest BCUT2D eigenvalue weighted by Crippen LogP contribution is -2.41. The van der Waals surface area contributed by atoms with Crippen molar-refractivity contribution in [1.29, 1.82) is 5.26 Å². The predicted octanol–water partition coefficient (Wildman–Crippen LogP) is 3.57. The minimum Gasteiger partial charge on any atom is -0.490 e. The van der Waals surface area contributed by atoms with E-state index in [0.717, 1.165) is 22.3 Å². The molecule has 2 aromatic carbocycles. The molecule has 10 heteroatoms. The highest BCUT2D eigenvalue weighted by atomic mass is 16.5. The molecule has 36 heavy (non-hydrogen) atoms. The molecule has 0 fully saturated rings. The number of ether oxygens (including phenoxy) is 1. The maximum Gasteiger partial charge on any atom is 0.405 e. The number of benzene rings is 2. The van der Waals surface area contributed by atoms with Crippen molar-refractivity contribution in [3.63, 3.8) is 0 Å². The van der Waals surface area contributed by atoms with Crippen LogP contribution >= 0.6 is 0 Å². The minimum absolute atomic E-state index is 0.0549. The summed E-state index contributed by atoms with van der Waals surface area (Å²) in [7, 11) is 0. The summed E-state index contributed by atoms with van der Waals surface area (Å²) < 4.78 is 11.2. The van der Waals surface area contributed by atoms with Crippen molar-refractivity contribution in [2.45, 2.75) is 39.7 Å². The molecular formula is C26H27N5O5. The van der Waals surface area contributed by atoms with Crippen LogP contribution in [-0.2, 0) is 17.6 Å². The molecule has 10 nitrogen and oxygen atoms in total. The zero-order chi connectivity index (χ0) is 25.8. The standard InChI is InChI=1S/C26H27N5O5/c1-15(2)35-22-7-5-18(12-19(22)13-27)25-29-24(30-36-25)21-6-4-17-8-10-31(11-9-20(17)16(21)3)23(32)14-28-26(33)34/h4-7,12,15,28H,8-11,14H2,1-3H3,(H,33,34). The number of aromatic nitrogens is 2. The maximum atomic E-state index is 12.4. The Morgan fingerprint density at radius 1 is 1.25 bits per heavy atom. The van der Waals surface area contributed by atoms with Crippen LogP contribution in [0.3, 0.4) is 0 Å². The first-order valence-electron chi connectivity index (χ1n) is 11.7. The predicted molar refractivity (Wildman–Crippen MR) is 130 cm³/mol. The first kappa shape index (κ1) is 24.7. The van der Waals surface area contributed by atoms with Crippen molar-refractivity contribution >= 4 is 12.0 Å². The third-order valence-electron chi connectivity index (χ3n) is 6.10. The number of nitriles is 1. The lowest BCUT2D eigenvalue weighted by atomic mass is 9.93. The van der Waals surface area contributed by atoms with Crippen molar-refractivity contribution in [3.8, 4) is 34.7 Å². The molecule has 1 aliphatic heterocycles. The Hall–Kier alpha value is -4.39. The van der Waals surface area contributed by atoms with Crippen molar-refractivity contribution in [1.82, 2.24) is 20.4 Å². The molecule has 2 N–H and O–H groups in total. The zero-order valence-corrected chi connectivity index (χ0v) is 20.4. The van der Waals surface area contributed by atoms with Gasteiger partial charge in [0.25, 0.3) is 5.89 Å². The maximum absolute atomic E-state index is 12.4. The van der Waals surface area contributed by atoms with Crippen LogP contribution in [0.4, 0.5) is 4.79 Å². The highest BCUT2D eigenvalue weighted by Crippen LogP contribution is 2.31. The molecule has 1 aromatic heterocycles. The van der Waals surface area contributed by atoms with Gasteiger partial charge in [-0.25, -0.2) is 4.79 Å². The number of amides is 2. The van der Waals surface area contributed by atoms with Crippen LogP contribution < -0.4 is 10.1 Å². The Kier molecular flexibility index (Phi) is 7.20. The van der Waals surface area contributed by atoms with Gasteiger partial charge in [-0.2, -0.15) is 10.2 Å². The van der Waals surface area contributed by atoms with E-state index in [4.69, 9.17) is 14.4 Å². The van der Waals surface area contributed by atoms with Crippen LogP contribution in [0, 0.1) is 18.3 Å². The largest absolute Gasteiger partial charge is 0.490 e. The third kappa shape index (κ3) is 5.30. The van der Waals surface area contributed by atoms with Crippen molar-refractivity contribution in [2.24, 2.45) is 0 Å². The molecule has 0 atom stereocenters. The molecule has 0 saturated carbocycles. The average Bonchev–Trinajstić information content (AvgIpc) is 3.22. The Balaban J connectivity index is 1.55. The highest BCUT2D eigenvalue weighted by molar-refractivity contribution is 5.82. The van der Waals surface area contributed by atoms with E-state index in [1.54, 1.807) is 23.1 Å². The van der Waals surface area contributed by atoms with Gasteiger partial charge in [0.05, 0.1) is 11.7 Å². The minimum atomic E-state index is -1.22. The van der Waals surface area contributed by atoms with Gasteiger partial charge in [-0.05, 0) is 68.5 Å². The SMILES string of the molecule is Cc1c(-c2noc(-c3ccc(OC(C)C)c(C#N)c3)n2)ccc2c1CCN(C(=O)CNC(=O)O)CC2. The molecule has 0 bridgehead atoms. The Morgan fingerprint density at radius 3 is 2.75 bits per heavy atom. The van der Waals surface area contributed by atoms with Gasteiger partial charge in [0, 0.05) is 24.2 Å². The number of carbonyl (C=O) groups excluding carboxylic acids is 1. The van der Waals surface area contributed by atoms with E-state index in [1.165, 1.54) is 0 Å². The topological polar surface area (TPSA) is 142 Å². The fourth-order valence-electron chi connectivity index (χ4n) is 4.32. The summed E-state index contributed by atoms with van der Waals surface area (Å²) in [5.74, 6) is 1.00. The van der Waals surface area contributed by atoms with Crippen molar-refractivity contribution in [2.75, 3.05) is 19.6 Å². The van der Waals surface area contributed by atoms with Crippen LogP contribution in [0.1, 0.15) is 36.1 Å². The second-order valence-electron chi connectivity index (χ2n) is 8.83. The van der Waals surface area contributed by atoms with E-state index in [0.29, 0.717) is 54.5 Å². The van der Waals surface area contributed by atoms with E-state index in [9.17, 15) is 14.9 Å². The summed E-state index contributed by atoms with van der Waals surface area (Å²) in [4.78, 5) is 29.3. The summed E-state index contributed by atoms with van der Waals surface area (Å²) in [5.41, 5.74) is 5.12. The quantitative estimate of drug-likeness (QED) is 0.535. The zero-order valence-electron chi connectivity index (χ0n) is 20.4. The van der Waals surface area contributed by atoms with Crippen molar-refractivity contribution < 1.29 is 24.0 Å². The van der Waals surface area contributed by atoms with E-state index in [-0.39, 0.29) is 18.6 Å². The number of nitrogens with one attached hydrogen (secondary N) is 1. The lowest BCUT2D eigenvalue weighted by Gasteiger charge is -2.20. The van der Waals surface area contributed by atoms with Gasteiger partial charge in [-0.1, -0.05) is 17.3 Å². The van der Waals surface area contributed by atoms with E-state index in [2.05, 4.69) is 21.5 Å². The van der Waals surface area contributed by atoms with E-state index < -0.39 is 6.09 Å². The molecular weight excluding hydrogens is 462 g/mol. The highest BCUT2D eigenvalue weighted by Gasteiger charge is 2.22. The molecule has 4 rings (SSSR count). The van der Waals surface area contributed by atoms with E-state index >= 15 is 0 Å². The molecule has 2 amide bonds. The average molecular weight is 490 g/mol. The van der Waals surface area contributed by atoms with Gasteiger partial charge < -0.3 is 24.6 Å². The molecule has 0 radical (unpaired) electrons. The van der Waals surface area contributed by atoms with Gasteiger partial charge in [0.2, 0.25) is 11.7 Å². The van der Waals surface area contributed by atoms with Gasteiger partial charge in [0.1, 0.15) is 18.4 Å². The molecule has 0 unspecified atom stereocenters. The summed E-state index contributed by atoms with van der Waals surface area (Å²) in [5, 5.41) is 24.6. The van der Waals surface area contributed by atoms with Crippen molar-refractivity contribution in [3.05, 3.63) is 52.6 Å². The van der Waals surface area contributed by atoms with Gasteiger partial charge in [-0.3, -0.25) is 4.79 Å². The lowest BCUT2D eigenvalue weighted by molar-refractivity contribution is -0.130. The molecule has 0 saturated heterocycles. The van der Waals surface area contributed by atoms with Gasteiger partial charge in [-0.15, -0.1) is 0 Å². The monoisotopic (exact) mass is 489 g/mol. The van der Waals surface area contributed by atoms with Gasteiger partial charge >= 0.3 is 6.09 Å². The van der Waals surface area contributed by atoms with E-state index in [1.807, 2.05) is 32.9 Å². The smallest absolute Gasteiger partial charge is 0.405 e. The van der Waals surface area contributed by atoms with Crippen LogP contribution in [0.5, 0.6) is 5.75 Å². The summed E-state index contributed by atoms with van der Waals surface area (Å²) in [6.07, 6.45) is 0.0430. The molecule has 2 heterocycles. The number of fused-ring (bicyclic) bond motifs is 1. The second kappa shape index (κ2) is 10.5. The first-order chi connectivity index (χ1) is 17.3. The Bertz CT molecular complexity index is 1340. The first-order valence-corrected chi connectivity index (χ1v) is 11.7. The summed E-state index contributed by atoms with van der Waals surface area (Å²) in [6, 6.07) is 11.3. The number of carboxylic acid groups (broad SMARTS) is 1. The number of carbonyl (C=O) groups is 2. The fraction of sp³-hybridized carbons (Fsp3) is 0.346. The van der Waals surface area contributed by atoms with Crippen LogP contribution in [0.2, 0.25) is 0 Å². The molecule has 0 aliphatic carbocycles. The Morgan fingerprint density at radius 2 is 2.03 bits per heavy atom. The normalized spacial score (nSPS) is 13.0. The van der Waals surface area contributed by atoms with Gasteiger partial charge in [0.15, 0.2) is 0 Å². The number of rotatable bonds is 6. The molecule has 3 aromatic rings. The summed E-state index contributed by atoms with van der Waals surface area (Å²) >= 11 is 0. The van der Waals surface area contributed by atoms with Crippen LogP contribution in [0.25, 0.3) is 22.8 Å². The number of nitrogens with zero attached hydrogens (tertiary/aromatic N) is 4.